The maximum Gasteiger partial charge on any atom is 0.191 e. The van der Waals surface area contributed by atoms with Crippen molar-refractivity contribution >= 4 is 17.3 Å². The maximum absolute atomic E-state index is 5.15. The van der Waals surface area contributed by atoms with Crippen molar-refractivity contribution in [1.82, 2.24) is 15.5 Å². The first-order chi connectivity index (χ1) is 10.8. The van der Waals surface area contributed by atoms with E-state index in [0.717, 1.165) is 38.1 Å². The van der Waals surface area contributed by atoms with Gasteiger partial charge in [0.25, 0.3) is 0 Å². The molecule has 0 spiro atoms. The summed E-state index contributed by atoms with van der Waals surface area (Å²) in [6.45, 7) is 6.08. The van der Waals surface area contributed by atoms with Crippen LogP contribution in [0.25, 0.3) is 0 Å². The number of piperidine rings is 1. The topological polar surface area (TPSA) is 48.9 Å². The molecule has 124 valence electrons. The summed E-state index contributed by atoms with van der Waals surface area (Å²) in [5.41, 5.74) is 1.31. The lowest BCUT2D eigenvalue weighted by atomic mass is 9.97. The van der Waals surface area contributed by atoms with E-state index < -0.39 is 0 Å². The average Bonchev–Trinajstić information content (AvgIpc) is 3.07. The van der Waals surface area contributed by atoms with Crippen molar-refractivity contribution in [2.24, 2.45) is 10.9 Å². The number of guanidine groups is 1. The van der Waals surface area contributed by atoms with Crippen LogP contribution in [-0.2, 0) is 11.3 Å². The number of ether oxygens (including phenoxy) is 1. The van der Waals surface area contributed by atoms with Gasteiger partial charge in [-0.2, -0.15) is 11.3 Å². The second-order valence-corrected chi connectivity index (χ2v) is 6.50. The molecule has 2 rings (SSSR count). The quantitative estimate of drug-likeness (QED) is 0.593. The van der Waals surface area contributed by atoms with Gasteiger partial charge in [0.15, 0.2) is 5.96 Å². The van der Waals surface area contributed by atoms with Crippen molar-refractivity contribution in [3.05, 3.63) is 22.4 Å². The number of hydrogen-bond acceptors (Lipinski definition) is 4. The van der Waals surface area contributed by atoms with E-state index >= 15 is 0 Å². The number of nitrogens with one attached hydrogen (secondary N) is 2. The molecular weight excluding hydrogens is 296 g/mol. The van der Waals surface area contributed by atoms with Gasteiger partial charge in [0, 0.05) is 33.8 Å². The molecule has 2 heterocycles. The van der Waals surface area contributed by atoms with E-state index in [1.54, 1.807) is 18.4 Å². The Hall–Kier alpha value is -1.11. The number of thiophene rings is 1. The lowest BCUT2D eigenvalue weighted by molar-refractivity contribution is 0.121. The monoisotopic (exact) mass is 324 g/mol. The largest absolute Gasteiger partial charge is 0.383 e. The Labute approximate surface area is 137 Å². The predicted octanol–water partition coefficient (Wildman–Crippen LogP) is 1.77. The first kappa shape index (κ1) is 17.2. The molecule has 1 aliphatic heterocycles. The minimum Gasteiger partial charge on any atom is -0.383 e. The van der Waals surface area contributed by atoms with E-state index in [1.165, 1.54) is 31.5 Å². The van der Waals surface area contributed by atoms with E-state index in [1.807, 2.05) is 7.05 Å². The van der Waals surface area contributed by atoms with Crippen LogP contribution in [0.2, 0.25) is 0 Å². The lowest BCUT2D eigenvalue weighted by Crippen LogP contribution is -2.43. The first-order valence-electron chi connectivity index (χ1n) is 7.98. The van der Waals surface area contributed by atoms with Crippen LogP contribution in [-0.4, -0.2) is 57.8 Å². The molecule has 0 saturated carbocycles. The summed E-state index contributed by atoms with van der Waals surface area (Å²) in [4.78, 5) is 6.79. The molecule has 0 radical (unpaired) electrons. The molecule has 1 fully saturated rings. The van der Waals surface area contributed by atoms with Gasteiger partial charge in [-0.3, -0.25) is 4.99 Å². The minimum absolute atomic E-state index is 0.735. The van der Waals surface area contributed by atoms with Crippen LogP contribution in [0, 0.1) is 5.92 Å². The number of methoxy groups -OCH3 is 1. The van der Waals surface area contributed by atoms with Gasteiger partial charge in [-0.1, -0.05) is 0 Å². The van der Waals surface area contributed by atoms with Gasteiger partial charge in [0.05, 0.1) is 6.61 Å². The Morgan fingerprint density at radius 2 is 2.23 bits per heavy atom. The molecule has 0 atom stereocenters. The van der Waals surface area contributed by atoms with Crippen molar-refractivity contribution in [3.63, 3.8) is 0 Å². The second kappa shape index (κ2) is 9.82. The van der Waals surface area contributed by atoms with E-state index in [0.29, 0.717) is 0 Å². The normalized spacial score (nSPS) is 17.6. The molecule has 1 saturated heterocycles. The number of nitrogens with zero attached hydrogens (tertiary/aromatic N) is 2. The zero-order valence-corrected chi connectivity index (χ0v) is 14.5. The molecule has 1 aromatic rings. The van der Waals surface area contributed by atoms with E-state index in [2.05, 4.69) is 37.4 Å². The lowest BCUT2D eigenvalue weighted by Gasteiger charge is -2.32. The van der Waals surface area contributed by atoms with E-state index in [4.69, 9.17) is 4.74 Å². The Balaban J connectivity index is 1.62. The number of likely N-dealkylation sites (tertiary alicyclic amines) is 1. The van der Waals surface area contributed by atoms with Gasteiger partial charge < -0.3 is 20.3 Å². The fourth-order valence-electron chi connectivity index (χ4n) is 2.68. The highest BCUT2D eigenvalue weighted by molar-refractivity contribution is 7.07. The van der Waals surface area contributed by atoms with Crippen molar-refractivity contribution in [2.75, 3.05) is 46.9 Å². The molecule has 1 aromatic heterocycles. The third-order valence-corrected chi connectivity index (χ3v) is 4.87. The average molecular weight is 324 g/mol. The molecular formula is C16H28N4OS. The van der Waals surface area contributed by atoms with Crippen molar-refractivity contribution < 1.29 is 4.74 Å². The van der Waals surface area contributed by atoms with Crippen LogP contribution >= 0.6 is 11.3 Å². The standard InChI is InChI=1S/C16H28N4OS/c1-17-16(19-12-15-5-10-22-13-15)18-11-14-3-6-20(7-4-14)8-9-21-2/h5,10,13-14H,3-4,6-9,11-12H2,1-2H3,(H2,17,18,19). The molecule has 6 heteroatoms. The summed E-state index contributed by atoms with van der Waals surface area (Å²) < 4.78 is 5.15. The Morgan fingerprint density at radius 3 is 2.86 bits per heavy atom. The van der Waals surface area contributed by atoms with Crippen molar-refractivity contribution in [3.8, 4) is 0 Å². The van der Waals surface area contributed by atoms with Crippen LogP contribution in [0.1, 0.15) is 18.4 Å². The fraction of sp³-hybridized carbons (Fsp3) is 0.688. The maximum atomic E-state index is 5.15. The summed E-state index contributed by atoms with van der Waals surface area (Å²) in [6, 6.07) is 2.14. The zero-order valence-electron chi connectivity index (χ0n) is 13.7. The Morgan fingerprint density at radius 1 is 1.41 bits per heavy atom. The molecule has 0 bridgehead atoms. The molecule has 0 aliphatic carbocycles. The Kier molecular flexibility index (Phi) is 7.70. The smallest absolute Gasteiger partial charge is 0.191 e. The van der Waals surface area contributed by atoms with Crippen LogP contribution in [0.5, 0.6) is 0 Å². The van der Waals surface area contributed by atoms with Gasteiger partial charge in [0.1, 0.15) is 0 Å². The third-order valence-electron chi connectivity index (χ3n) is 4.14. The molecule has 1 aliphatic rings. The van der Waals surface area contributed by atoms with Gasteiger partial charge in [-0.15, -0.1) is 0 Å². The van der Waals surface area contributed by atoms with Gasteiger partial charge in [-0.25, -0.2) is 0 Å². The zero-order chi connectivity index (χ0) is 15.6. The highest BCUT2D eigenvalue weighted by Gasteiger charge is 2.18. The van der Waals surface area contributed by atoms with Crippen LogP contribution in [0.3, 0.4) is 0 Å². The van der Waals surface area contributed by atoms with Gasteiger partial charge in [0.2, 0.25) is 0 Å². The van der Waals surface area contributed by atoms with Crippen molar-refractivity contribution in [2.45, 2.75) is 19.4 Å². The van der Waals surface area contributed by atoms with Crippen LogP contribution in [0.4, 0.5) is 0 Å². The summed E-state index contributed by atoms with van der Waals surface area (Å²) in [5, 5.41) is 11.1. The number of hydrogen-bond donors (Lipinski definition) is 2. The van der Waals surface area contributed by atoms with E-state index in [-0.39, 0.29) is 0 Å². The number of rotatable bonds is 7. The highest BCUT2D eigenvalue weighted by atomic mass is 32.1. The SMILES string of the molecule is CN=C(NCc1ccsc1)NCC1CCN(CCOC)CC1. The summed E-state index contributed by atoms with van der Waals surface area (Å²) in [5.74, 6) is 1.63. The first-order valence-corrected chi connectivity index (χ1v) is 8.93. The fourth-order valence-corrected chi connectivity index (χ4v) is 3.34. The van der Waals surface area contributed by atoms with Crippen LogP contribution < -0.4 is 10.6 Å². The summed E-state index contributed by atoms with van der Waals surface area (Å²) >= 11 is 1.73. The minimum atomic E-state index is 0.735. The summed E-state index contributed by atoms with van der Waals surface area (Å²) in [7, 11) is 3.60. The second-order valence-electron chi connectivity index (χ2n) is 5.72. The van der Waals surface area contributed by atoms with Gasteiger partial charge >= 0.3 is 0 Å². The van der Waals surface area contributed by atoms with Crippen LogP contribution in [0.15, 0.2) is 21.8 Å². The van der Waals surface area contributed by atoms with E-state index in [9.17, 15) is 0 Å². The third kappa shape index (κ3) is 5.94. The molecule has 22 heavy (non-hydrogen) atoms. The molecule has 0 aromatic carbocycles. The Bertz CT molecular complexity index is 427. The highest BCUT2D eigenvalue weighted by Crippen LogP contribution is 2.15. The molecule has 5 nitrogen and oxygen atoms in total. The molecule has 2 N–H and O–H groups in total. The summed E-state index contributed by atoms with van der Waals surface area (Å²) in [6.07, 6.45) is 2.50. The van der Waals surface area contributed by atoms with Gasteiger partial charge in [-0.05, 0) is 54.2 Å². The molecule has 0 unspecified atom stereocenters. The number of aliphatic imine (C=N–C) groups is 1. The molecule has 0 amide bonds. The van der Waals surface area contributed by atoms with Crippen molar-refractivity contribution in [1.29, 1.82) is 0 Å². The predicted molar refractivity (Wildman–Crippen MR) is 93.6 cm³/mol.